The van der Waals surface area contributed by atoms with E-state index in [1.54, 1.807) is 0 Å². The summed E-state index contributed by atoms with van der Waals surface area (Å²) >= 11 is 0. The van der Waals surface area contributed by atoms with Gasteiger partial charge in [0.05, 0.1) is 0 Å². The van der Waals surface area contributed by atoms with Gasteiger partial charge in [-0.05, 0) is 62.8 Å². The maximum Gasteiger partial charge on any atom is 0.220 e. The minimum atomic E-state index is 0.247. The van der Waals surface area contributed by atoms with Crippen LogP contribution in [0.1, 0.15) is 36.2 Å². The molecule has 2 atom stereocenters. The van der Waals surface area contributed by atoms with Crippen molar-refractivity contribution in [2.24, 2.45) is 11.8 Å². The van der Waals surface area contributed by atoms with Gasteiger partial charge in [0, 0.05) is 37.4 Å². The lowest BCUT2D eigenvalue weighted by atomic mass is 9.82. The summed E-state index contributed by atoms with van der Waals surface area (Å²) in [6, 6.07) is 4.38. The molecule has 2 aliphatic rings. The van der Waals surface area contributed by atoms with Crippen LogP contribution in [-0.2, 0) is 11.3 Å². The number of aromatic nitrogens is 1. The number of hydrogen-bond donors (Lipinski definition) is 1. The molecule has 3 heterocycles. The molecule has 0 aliphatic carbocycles. The van der Waals surface area contributed by atoms with Crippen LogP contribution in [0.25, 0.3) is 0 Å². The molecule has 1 aromatic heterocycles. The molecular formula is C17H25N3O. The Hall–Kier alpha value is -1.42. The van der Waals surface area contributed by atoms with Gasteiger partial charge in [0.25, 0.3) is 0 Å². The topological polar surface area (TPSA) is 45.2 Å². The van der Waals surface area contributed by atoms with Crippen molar-refractivity contribution in [1.29, 1.82) is 0 Å². The summed E-state index contributed by atoms with van der Waals surface area (Å²) < 4.78 is 0. The van der Waals surface area contributed by atoms with Crippen LogP contribution in [-0.4, -0.2) is 35.4 Å². The molecule has 2 fully saturated rings. The summed E-state index contributed by atoms with van der Waals surface area (Å²) in [5.74, 6) is 1.50. The maximum absolute atomic E-state index is 11.7. The maximum atomic E-state index is 11.7. The number of nitrogens with one attached hydrogen (secondary N) is 1. The van der Waals surface area contributed by atoms with E-state index in [9.17, 15) is 4.79 Å². The first-order chi connectivity index (χ1) is 10.1. The second-order valence-corrected chi connectivity index (χ2v) is 6.64. The van der Waals surface area contributed by atoms with E-state index < -0.39 is 0 Å². The van der Waals surface area contributed by atoms with Gasteiger partial charge >= 0.3 is 0 Å². The highest BCUT2D eigenvalue weighted by molar-refractivity contribution is 5.76. The number of carbonyl (C=O) groups excluding carboxylic acids is 1. The summed E-state index contributed by atoms with van der Waals surface area (Å²) in [6.07, 6.45) is 3.01. The van der Waals surface area contributed by atoms with Gasteiger partial charge in [-0.1, -0.05) is 0 Å². The van der Waals surface area contributed by atoms with E-state index in [0.29, 0.717) is 11.8 Å². The molecule has 1 aromatic rings. The fraction of sp³-hybridized carbons (Fsp3) is 0.647. The molecule has 114 valence electrons. The second kappa shape index (κ2) is 6.14. The predicted octanol–water partition coefficient (Wildman–Crippen LogP) is 2.05. The monoisotopic (exact) mass is 287 g/mol. The molecule has 2 aliphatic heterocycles. The van der Waals surface area contributed by atoms with Gasteiger partial charge in [-0.3, -0.25) is 14.7 Å². The van der Waals surface area contributed by atoms with Crippen LogP contribution >= 0.6 is 0 Å². The normalized spacial score (nSPS) is 26.9. The van der Waals surface area contributed by atoms with E-state index in [1.165, 1.54) is 5.56 Å². The van der Waals surface area contributed by atoms with Gasteiger partial charge in [-0.15, -0.1) is 0 Å². The Morgan fingerprint density at radius 2 is 2.00 bits per heavy atom. The van der Waals surface area contributed by atoms with Crippen molar-refractivity contribution in [2.45, 2.75) is 39.7 Å². The average Bonchev–Trinajstić information content (AvgIpc) is 2.58. The molecule has 0 aromatic carbocycles. The largest absolute Gasteiger partial charge is 0.356 e. The van der Waals surface area contributed by atoms with Gasteiger partial charge in [0.15, 0.2) is 0 Å². The van der Waals surface area contributed by atoms with Crippen molar-refractivity contribution in [3.63, 3.8) is 0 Å². The molecule has 0 bridgehead atoms. The van der Waals surface area contributed by atoms with Gasteiger partial charge in [0.2, 0.25) is 5.91 Å². The van der Waals surface area contributed by atoms with Crippen LogP contribution in [0.2, 0.25) is 0 Å². The van der Waals surface area contributed by atoms with Crippen LogP contribution in [0.4, 0.5) is 0 Å². The van der Waals surface area contributed by atoms with Crippen molar-refractivity contribution in [3.8, 4) is 0 Å². The smallest absolute Gasteiger partial charge is 0.220 e. The van der Waals surface area contributed by atoms with Crippen LogP contribution in [0.15, 0.2) is 12.1 Å². The number of likely N-dealkylation sites (tertiary alicyclic amines) is 1. The molecule has 0 saturated carbocycles. The van der Waals surface area contributed by atoms with Gasteiger partial charge in [0.1, 0.15) is 0 Å². The lowest BCUT2D eigenvalue weighted by Crippen LogP contribution is -2.40. The Morgan fingerprint density at radius 3 is 2.76 bits per heavy atom. The van der Waals surface area contributed by atoms with E-state index in [1.807, 2.05) is 0 Å². The molecule has 3 rings (SSSR count). The van der Waals surface area contributed by atoms with Crippen molar-refractivity contribution in [1.82, 2.24) is 15.2 Å². The van der Waals surface area contributed by atoms with Crippen molar-refractivity contribution >= 4 is 5.91 Å². The van der Waals surface area contributed by atoms with Gasteiger partial charge in [-0.25, -0.2) is 0 Å². The fourth-order valence-electron chi connectivity index (χ4n) is 3.87. The van der Waals surface area contributed by atoms with Crippen LogP contribution < -0.4 is 5.32 Å². The molecule has 2 saturated heterocycles. The summed E-state index contributed by atoms with van der Waals surface area (Å²) in [5, 5.41) is 3.01. The van der Waals surface area contributed by atoms with E-state index in [-0.39, 0.29) is 5.91 Å². The number of rotatable bonds is 2. The standard InChI is InChI=1S/C17H25N3O/c1-12-7-14(8-13(2)19-12)10-20-6-4-15-9-17(21)18-5-3-16(15)11-20/h7-8,15-16H,3-6,9-11H2,1-2H3,(H,18,21). The predicted molar refractivity (Wildman–Crippen MR) is 82.8 cm³/mol. The number of nitrogens with zero attached hydrogens (tertiary/aromatic N) is 2. The van der Waals surface area contributed by atoms with E-state index >= 15 is 0 Å². The Balaban J connectivity index is 1.64. The van der Waals surface area contributed by atoms with E-state index in [0.717, 1.165) is 56.8 Å². The van der Waals surface area contributed by atoms with Crippen molar-refractivity contribution in [3.05, 3.63) is 29.1 Å². The number of pyridine rings is 1. The van der Waals surface area contributed by atoms with Crippen LogP contribution in [0.5, 0.6) is 0 Å². The minimum Gasteiger partial charge on any atom is -0.356 e. The zero-order chi connectivity index (χ0) is 14.8. The van der Waals surface area contributed by atoms with Crippen LogP contribution in [0, 0.1) is 25.7 Å². The molecule has 0 spiro atoms. The van der Waals surface area contributed by atoms with Gasteiger partial charge < -0.3 is 5.32 Å². The van der Waals surface area contributed by atoms with Crippen molar-refractivity contribution < 1.29 is 4.79 Å². The molecule has 4 heteroatoms. The van der Waals surface area contributed by atoms with Crippen LogP contribution in [0.3, 0.4) is 0 Å². The number of amides is 1. The SMILES string of the molecule is Cc1cc(CN2CCC3CC(=O)NCCC3C2)cc(C)n1. The van der Waals surface area contributed by atoms with Gasteiger partial charge in [-0.2, -0.15) is 0 Å². The third-order valence-corrected chi connectivity index (χ3v) is 4.81. The molecule has 1 amide bonds. The Morgan fingerprint density at radius 1 is 1.24 bits per heavy atom. The summed E-state index contributed by atoms with van der Waals surface area (Å²) in [6.45, 7) is 8.21. The number of piperidine rings is 1. The third-order valence-electron chi connectivity index (χ3n) is 4.81. The molecule has 21 heavy (non-hydrogen) atoms. The molecular weight excluding hydrogens is 262 g/mol. The molecule has 1 N–H and O–H groups in total. The summed E-state index contributed by atoms with van der Waals surface area (Å²) in [4.78, 5) is 18.6. The lowest BCUT2D eigenvalue weighted by Gasteiger charge is -2.37. The fourth-order valence-corrected chi connectivity index (χ4v) is 3.87. The van der Waals surface area contributed by atoms with E-state index in [2.05, 4.69) is 41.2 Å². The number of fused-ring (bicyclic) bond motifs is 1. The average molecular weight is 287 g/mol. The number of aryl methyl sites for hydroxylation is 2. The zero-order valence-corrected chi connectivity index (χ0v) is 13.1. The third kappa shape index (κ3) is 3.62. The Bertz CT molecular complexity index is 509. The molecule has 0 radical (unpaired) electrons. The Labute approximate surface area is 126 Å². The van der Waals surface area contributed by atoms with Crippen molar-refractivity contribution in [2.75, 3.05) is 19.6 Å². The first kappa shape index (κ1) is 14.5. The van der Waals surface area contributed by atoms with E-state index in [4.69, 9.17) is 0 Å². The second-order valence-electron chi connectivity index (χ2n) is 6.64. The molecule has 4 nitrogen and oxygen atoms in total. The highest BCUT2D eigenvalue weighted by Gasteiger charge is 2.32. The summed E-state index contributed by atoms with van der Waals surface area (Å²) in [5.41, 5.74) is 3.56. The number of carbonyl (C=O) groups is 1. The highest BCUT2D eigenvalue weighted by Crippen LogP contribution is 2.31. The Kier molecular flexibility index (Phi) is 4.24. The first-order valence-electron chi connectivity index (χ1n) is 8.03. The highest BCUT2D eigenvalue weighted by atomic mass is 16.1. The zero-order valence-electron chi connectivity index (χ0n) is 13.1. The minimum absolute atomic E-state index is 0.247. The first-order valence-corrected chi connectivity index (χ1v) is 8.03. The molecule has 2 unspecified atom stereocenters. The quantitative estimate of drug-likeness (QED) is 0.905. The number of hydrogen-bond acceptors (Lipinski definition) is 3. The summed E-state index contributed by atoms with van der Waals surface area (Å²) in [7, 11) is 0. The lowest BCUT2D eigenvalue weighted by molar-refractivity contribution is -0.121.